The lowest BCUT2D eigenvalue weighted by Crippen LogP contribution is -2.68. The molecular formula is C12H20B2N3. The van der Waals surface area contributed by atoms with Crippen LogP contribution in [0.1, 0.15) is 26.7 Å². The summed E-state index contributed by atoms with van der Waals surface area (Å²) in [4.78, 5) is 9.47. The number of hydrogen-bond donors (Lipinski definition) is 0. The molecule has 2 fully saturated rings. The van der Waals surface area contributed by atoms with Gasteiger partial charge in [-0.15, -0.1) is 0 Å². The molecule has 2 heterocycles. The van der Waals surface area contributed by atoms with E-state index in [-0.39, 0.29) is 0 Å². The Labute approximate surface area is 106 Å². The third kappa shape index (κ3) is 2.03. The first-order valence-electron chi connectivity index (χ1n) is 6.72. The van der Waals surface area contributed by atoms with Crippen LogP contribution in [-0.4, -0.2) is 62.8 Å². The summed E-state index contributed by atoms with van der Waals surface area (Å²) in [6.45, 7) is 8.96. The van der Waals surface area contributed by atoms with Crippen molar-refractivity contribution in [2.24, 2.45) is 16.3 Å². The highest BCUT2D eigenvalue weighted by atomic mass is 15.3. The lowest BCUT2D eigenvalue weighted by atomic mass is 9.57. The van der Waals surface area contributed by atoms with Crippen LogP contribution in [0.15, 0.2) is 4.99 Å². The fourth-order valence-corrected chi connectivity index (χ4v) is 3.18. The number of amidine groups is 1. The van der Waals surface area contributed by atoms with Crippen LogP contribution in [0.2, 0.25) is 0 Å². The van der Waals surface area contributed by atoms with Gasteiger partial charge in [0.1, 0.15) is 13.1 Å². The van der Waals surface area contributed by atoms with Crippen molar-refractivity contribution in [2.75, 3.05) is 26.2 Å². The van der Waals surface area contributed by atoms with Crippen LogP contribution in [-0.2, 0) is 0 Å². The third-order valence-electron chi connectivity index (χ3n) is 4.24. The van der Waals surface area contributed by atoms with Crippen molar-refractivity contribution < 1.29 is 0 Å². The van der Waals surface area contributed by atoms with E-state index >= 15 is 0 Å². The van der Waals surface area contributed by atoms with Gasteiger partial charge in [-0.2, -0.15) is 0 Å². The monoisotopic (exact) mass is 228 g/mol. The molecule has 3 radical (unpaired) electrons. The summed E-state index contributed by atoms with van der Waals surface area (Å²) in [5.41, 5.74) is 0.306. The van der Waals surface area contributed by atoms with Crippen LogP contribution < -0.4 is 0 Å². The van der Waals surface area contributed by atoms with Crippen LogP contribution in [0.25, 0.3) is 0 Å². The highest BCUT2D eigenvalue weighted by Crippen LogP contribution is 2.39. The van der Waals surface area contributed by atoms with Gasteiger partial charge in [-0.05, 0) is 30.7 Å². The molecule has 3 aliphatic rings. The van der Waals surface area contributed by atoms with Gasteiger partial charge in [0, 0.05) is 20.8 Å². The van der Waals surface area contributed by atoms with Crippen molar-refractivity contribution in [3.63, 3.8) is 0 Å². The van der Waals surface area contributed by atoms with Gasteiger partial charge in [-0.25, -0.2) is 0 Å². The molecule has 0 aromatic carbocycles. The average molecular weight is 228 g/mol. The molecule has 1 atom stereocenters. The second kappa shape index (κ2) is 4.04. The summed E-state index contributed by atoms with van der Waals surface area (Å²) in [6, 6.07) is 0.397. The normalized spacial score (nSPS) is 32.2. The lowest BCUT2D eigenvalue weighted by molar-refractivity contribution is 0.0610. The minimum atomic E-state index is 0.306. The van der Waals surface area contributed by atoms with Crippen molar-refractivity contribution in [3.05, 3.63) is 0 Å². The highest BCUT2D eigenvalue weighted by Gasteiger charge is 2.49. The van der Waals surface area contributed by atoms with Gasteiger partial charge in [-0.3, -0.25) is 4.99 Å². The predicted octanol–water partition coefficient (Wildman–Crippen LogP) is 0.524. The van der Waals surface area contributed by atoms with E-state index in [1.165, 1.54) is 25.2 Å². The second-order valence-corrected chi connectivity index (χ2v) is 6.34. The Balaban J connectivity index is 1.72. The van der Waals surface area contributed by atoms with E-state index in [1.54, 1.807) is 7.31 Å². The van der Waals surface area contributed by atoms with Gasteiger partial charge < -0.3 is 9.71 Å². The predicted molar refractivity (Wildman–Crippen MR) is 72.4 cm³/mol. The molecule has 3 rings (SSSR count). The molecule has 1 saturated heterocycles. The zero-order chi connectivity index (χ0) is 12.0. The highest BCUT2D eigenvalue weighted by molar-refractivity contribution is 6.87. The number of nitrogens with zero attached hydrogens (tertiary/aromatic N) is 3. The van der Waals surface area contributed by atoms with Gasteiger partial charge in [-0.1, -0.05) is 13.8 Å². The molecule has 3 nitrogen and oxygen atoms in total. The minimum absolute atomic E-state index is 0.306. The third-order valence-corrected chi connectivity index (χ3v) is 4.24. The summed E-state index contributed by atoms with van der Waals surface area (Å²) in [5, 5.41) is 0. The first kappa shape index (κ1) is 11.6. The molecule has 0 N–H and O–H groups in total. The Morgan fingerprint density at radius 2 is 2.24 bits per heavy atom. The molecule has 2 aliphatic heterocycles. The molecule has 0 bridgehead atoms. The standard InChI is InChI=1S/C12H20B2N3/c1-12(2)8-17(14-13)10(12)11-15-5-6-16(11)7-9-3-4-9/h9-10H,3-8H2,1-2H3. The van der Waals surface area contributed by atoms with E-state index in [0.29, 0.717) is 11.5 Å². The maximum absolute atomic E-state index is 5.70. The van der Waals surface area contributed by atoms with Crippen LogP contribution in [0.4, 0.5) is 0 Å². The largest absolute Gasteiger partial charge is 0.357 e. The van der Waals surface area contributed by atoms with E-state index in [9.17, 15) is 0 Å². The van der Waals surface area contributed by atoms with Gasteiger partial charge >= 0.3 is 0 Å². The average Bonchev–Trinajstić information content (AvgIpc) is 2.97. The molecule has 1 unspecified atom stereocenters. The maximum Gasteiger partial charge on any atom is 0.149 e. The molecule has 5 heteroatoms. The molecule has 89 valence electrons. The number of rotatable bonds is 4. The van der Waals surface area contributed by atoms with Gasteiger partial charge in [0.15, 0.2) is 0 Å². The molecule has 0 aromatic heterocycles. The van der Waals surface area contributed by atoms with Crippen molar-refractivity contribution in [3.8, 4) is 0 Å². The molecule has 1 aliphatic carbocycles. The zero-order valence-corrected chi connectivity index (χ0v) is 10.9. The van der Waals surface area contributed by atoms with E-state index in [0.717, 1.165) is 25.6 Å². The Bertz CT molecular complexity index is 339. The summed E-state index contributed by atoms with van der Waals surface area (Å²) in [6.07, 6.45) is 2.81. The molecule has 17 heavy (non-hydrogen) atoms. The molecule has 1 saturated carbocycles. The number of aliphatic imine (C=N–C) groups is 1. The van der Waals surface area contributed by atoms with Crippen LogP contribution in [0.3, 0.4) is 0 Å². The van der Waals surface area contributed by atoms with Crippen molar-refractivity contribution in [1.82, 2.24) is 9.71 Å². The van der Waals surface area contributed by atoms with Crippen molar-refractivity contribution in [2.45, 2.75) is 32.7 Å². The first-order chi connectivity index (χ1) is 8.12. The topological polar surface area (TPSA) is 18.8 Å². The Morgan fingerprint density at radius 1 is 1.47 bits per heavy atom. The quantitative estimate of drug-likeness (QED) is 0.653. The summed E-state index contributed by atoms with van der Waals surface area (Å²) in [7, 11) is 7.43. The van der Waals surface area contributed by atoms with Gasteiger partial charge in [0.05, 0.1) is 12.6 Å². The van der Waals surface area contributed by atoms with Crippen LogP contribution in [0.5, 0.6) is 0 Å². The van der Waals surface area contributed by atoms with Gasteiger partial charge in [0.25, 0.3) is 0 Å². The molecule has 0 amide bonds. The minimum Gasteiger partial charge on any atom is -0.357 e. The fourth-order valence-electron chi connectivity index (χ4n) is 3.18. The molecule has 0 aromatic rings. The molecule has 0 spiro atoms. The SMILES string of the molecule is [B][B]N1CC(C)(C)C1C1=NCCN1CC1CC1. The second-order valence-electron chi connectivity index (χ2n) is 6.34. The van der Waals surface area contributed by atoms with Gasteiger partial charge in [0.2, 0.25) is 0 Å². The summed E-state index contributed by atoms with van der Waals surface area (Å²) >= 11 is 0. The van der Waals surface area contributed by atoms with Crippen molar-refractivity contribution >= 4 is 20.9 Å². The zero-order valence-electron chi connectivity index (χ0n) is 10.9. The van der Waals surface area contributed by atoms with E-state index in [1.807, 2.05) is 0 Å². The Kier molecular flexibility index (Phi) is 2.77. The lowest BCUT2D eigenvalue weighted by Gasteiger charge is -2.56. The van der Waals surface area contributed by atoms with E-state index in [4.69, 9.17) is 12.7 Å². The molecular weight excluding hydrogens is 208 g/mol. The fraction of sp³-hybridized carbons (Fsp3) is 0.917. The van der Waals surface area contributed by atoms with Crippen LogP contribution in [0, 0.1) is 11.3 Å². The smallest absolute Gasteiger partial charge is 0.149 e. The number of hydrogen-bond acceptors (Lipinski definition) is 3. The summed E-state index contributed by atoms with van der Waals surface area (Å²) < 4.78 is 0. The Morgan fingerprint density at radius 3 is 2.82 bits per heavy atom. The summed E-state index contributed by atoms with van der Waals surface area (Å²) in [5.74, 6) is 2.21. The first-order valence-corrected chi connectivity index (χ1v) is 6.72. The van der Waals surface area contributed by atoms with E-state index < -0.39 is 0 Å². The van der Waals surface area contributed by atoms with Crippen molar-refractivity contribution in [1.29, 1.82) is 0 Å². The Hall–Kier alpha value is -0.440. The van der Waals surface area contributed by atoms with E-state index in [2.05, 4.69) is 23.6 Å². The maximum atomic E-state index is 5.70. The van der Waals surface area contributed by atoms with Crippen LogP contribution >= 0.6 is 0 Å².